The van der Waals surface area contributed by atoms with Crippen LogP contribution >= 0.6 is 0 Å². The normalized spacial score (nSPS) is 23.3. The van der Waals surface area contributed by atoms with Crippen LogP contribution in [0.3, 0.4) is 0 Å². The van der Waals surface area contributed by atoms with Crippen LogP contribution in [-0.2, 0) is 0 Å². The van der Waals surface area contributed by atoms with Crippen molar-refractivity contribution in [3.05, 3.63) is 29.6 Å². The van der Waals surface area contributed by atoms with E-state index < -0.39 is 11.8 Å². The van der Waals surface area contributed by atoms with Crippen LogP contribution in [0.5, 0.6) is 0 Å². The van der Waals surface area contributed by atoms with Crippen molar-refractivity contribution in [1.82, 2.24) is 4.98 Å². The summed E-state index contributed by atoms with van der Waals surface area (Å²) in [5.41, 5.74) is 0.450. The summed E-state index contributed by atoms with van der Waals surface area (Å²) in [5, 5.41) is 0. The molecule has 18 heavy (non-hydrogen) atoms. The van der Waals surface area contributed by atoms with Crippen LogP contribution < -0.4 is 0 Å². The minimum Gasteiger partial charge on any atom is -0.224 e. The predicted molar refractivity (Wildman–Crippen MR) is 66.8 cm³/mol. The summed E-state index contributed by atoms with van der Waals surface area (Å²) >= 11 is 0. The summed E-state index contributed by atoms with van der Waals surface area (Å²) in [6, 6.07) is 1.10. The van der Waals surface area contributed by atoms with Crippen molar-refractivity contribution in [2.75, 3.05) is 0 Å². The molecule has 0 N–H and O–H groups in total. The molecule has 1 aromatic heterocycles. The number of hydrogen-bond acceptors (Lipinski definition) is 1. The van der Waals surface area contributed by atoms with Crippen molar-refractivity contribution < 1.29 is 8.78 Å². The summed E-state index contributed by atoms with van der Waals surface area (Å²) in [6.07, 6.45) is 7.21. The van der Waals surface area contributed by atoms with Gasteiger partial charge in [-0.2, -0.15) is 4.39 Å². The Morgan fingerprint density at radius 1 is 1.28 bits per heavy atom. The zero-order chi connectivity index (χ0) is 13.0. The molecule has 0 aromatic carbocycles. The third kappa shape index (κ3) is 3.29. The first-order valence-electron chi connectivity index (χ1n) is 6.51. The molecular weight excluding hydrogens is 232 g/mol. The van der Waals surface area contributed by atoms with Gasteiger partial charge in [-0.05, 0) is 37.7 Å². The maximum Gasteiger partial charge on any atom is 0.248 e. The molecule has 1 aliphatic carbocycles. The van der Waals surface area contributed by atoms with Gasteiger partial charge in [0, 0.05) is 17.7 Å². The molecule has 96 valence electrons. The van der Waals surface area contributed by atoms with Crippen LogP contribution in [0.1, 0.15) is 44.6 Å². The highest BCUT2D eigenvalue weighted by Gasteiger charge is 2.18. The fourth-order valence-corrected chi connectivity index (χ4v) is 2.39. The Balaban J connectivity index is 1.98. The van der Waals surface area contributed by atoms with Gasteiger partial charge in [0.2, 0.25) is 5.95 Å². The lowest BCUT2D eigenvalue weighted by Crippen LogP contribution is -2.12. The second kappa shape index (κ2) is 5.95. The number of rotatable bonds is 1. The maximum absolute atomic E-state index is 12.9. The molecule has 1 heterocycles. The van der Waals surface area contributed by atoms with Gasteiger partial charge in [-0.25, -0.2) is 9.37 Å². The van der Waals surface area contributed by atoms with Gasteiger partial charge in [0.15, 0.2) is 5.82 Å². The van der Waals surface area contributed by atoms with E-state index in [0.29, 0.717) is 11.5 Å². The summed E-state index contributed by atoms with van der Waals surface area (Å²) in [7, 11) is 0. The highest BCUT2D eigenvalue weighted by Crippen LogP contribution is 2.30. The lowest BCUT2D eigenvalue weighted by atomic mass is 9.81. The van der Waals surface area contributed by atoms with Gasteiger partial charge in [-0.15, -0.1) is 0 Å². The molecule has 0 saturated heterocycles. The summed E-state index contributed by atoms with van der Waals surface area (Å²) in [4.78, 5) is 3.32. The SMILES string of the molecule is CCC1CCC(C#Cc2cnc(F)c(F)c2)CC1. The Bertz CT molecular complexity index is 465. The van der Waals surface area contributed by atoms with Gasteiger partial charge >= 0.3 is 0 Å². The van der Waals surface area contributed by atoms with Crippen molar-refractivity contribution in [2.24, 2.45) is 11.8 Å². The molecular formula is C15H17F2N. The van der Waals surface area contributed by atoms with Crippen LogP contribution in [0.2, 0.25) is 0 Å². The standard InChI is InChI=1S/C15H17F2N/c1-2-11-3-5-12(6-4-11)7-8-13-9-14(16)15(17)18-10-13/h9-12H,2-6H2,1H3. The van der Waals surface area contributed by atoms with E-state index in [4.69, 9.17) is 0 Å². The molecule has 0 aliphatic heterocycles. The molecule has 2 rings (SSSR count). The molecule has 1 saturated carbocycles. The van der Waals surface area contributed by atoms with E-state index in [-0.39, 0.29) is 0 Å². The third-order valence-electron chi connectivity index (χ3n) is 3.64. The van der Waals surface area contributed by atoms with Gasteiger partial charge in [0.1, 0.15) is 0 Å². The van der Waals surface area contributed by atoms with Crippen LogP contribution in [0, 0.1) is 35.4 Å². The van der Waals surface area contributed by atoms with Crippen molar-refractivity contribution in [3.63, 3.8) is 0 Å². The molecule has 0 atom stereocenters. The second-order valence-corrected chi connectivity index (χ2v) is 4.89. The second-order valence-electron chi connectivity index (χ2n) is 4.89. The van der Waals surface area contributed by atoms with Crippen LogP contribution in [-0.4, -0.2) is 4.98 Å². The number of nitrogens with zero attached hydrogens (tertiary/aromatic N) is 1. The molecule has 0 bridgehead atoms. The van der Waals surface area contributed by atoms with Gasteiger partial charge in [0.05, 0.1) is 0 Å². The van der Waals surface area contributed by atoms with E-state index in [1.807, 2.05) is 0 Å². The first kappa shape index (κ1) is 13.0. The third-order valence-corrected chi connectivity index (χ3v) is 3.64. The van der Waals surface area contributed by atoms with Gasteiger partial charge in [-0.1, -0.05) is 25.2 Å². The molecule has 0 amide bonds. The summed E-state index contributed by atoms with van der Waals surface area (Å²) in [6.45, 7) is 2.23. The number of pyridine rings is 1. The van der Waals surface area contributed by atoms with Crippen molar-refractivity contribution in [1.29, 1.82) is 0 Å². The van der Waals surface area contributed by atoms with E-state index in [1.54, 1.807) is 0 Å². The molecule has 0 spiro atoms. The fraction of sp³-hybridized carbons (Fsp3) is 0.533. The van der Waals surface area contributed by atoms with Crippen LogP contribution in [0.15, 0.2) is 12.3 Å². The van der Waals surface area contributed by atoms with Gasteiger partial charge in [-0.3, -0.25) is 0 Å². The average Bonchev–Trinajstić information content (AvgIpc) is 2.41. The molecule has 1 nitrogen and oxygen atoms in total. The first-order chi connectivity index (χ1) is 8.69. The number of hydrogen-bond donors (Lipinski definition) is 0. The Kier molecular flexibility index (Phi) is 4.30. The summed E-state index contributed by atoms with van der Waals surface area (Å²) in [5.74, 6) is 5.28. The molecule has 0 radical (unpaired) electrons. The van der Waals surface area contributed by atoms with Crippen molar-refractivity contribution >= 4 is 0 Å². The zero-order valence-corrected chi connectivity index (χ0v) is 10.5. The molecule has 1 aromatic rings. The summed E-state index contributed by atoms with van der Waals surface area (Å²) < 4.78 is 25.6. The zero-order valence-electron chi connectivity index (χ0n) is 10.5. The fourth-order valence-electron chi connectivity index (χ4n) is 2.39. The first-order valence-corrected chi connectivity index (χ1v) is 6.51. The quantitative estimate of drug-likeness (QED) is 0.543. The lowest BCUT2D eigenvalue weighted by Gasteiger charge is -2.24. The largest absolute Gasteiger partial charge is 0.248 e. The Morgan fingerprint density at radius 3 is 2.61 bits per heavy atom. The van der Waals surface area contributed by atoms with E-state index in [1.165, 1.54) is 25.5 Å². The molecule has 3 heteroatoms. The molecule has 0 unspecified atom stereocenters. The number of aromatic nitrogens is 1. The molecule has 1 fully saturated rings. The Hall–Kier alpha value is -1.43. The van der Waals surface area contributed by atoms with E-state index in [2.05, 4.69) is 23.7 Å². The topological polar surface area (TPSA) is 12.9 Å². The molecule has 1 aliphatic rings. The predicted octanol–water partition coefficient (Wildman–Crippen LogP) is 3.93. The van der Waals surface area contributed by atoms with Gasteiger partial charge in [0.25, 0.3) is 0 Å². The van der Waals surface area contributed by atoms with Crippen LogP contribution in [0.4, 0.5) is 8.78 Å². The Morgan fingerprint density at radius 2 is 2.00 bits per heavy atom. The highest BCUT2D eigenvalue weighted by molar-refractivity contribution is 5.32. The highest BCUT2D eigenvalue weighted by atomic mass is 19.2. The number of halogens is 2. The van der Waals surface area contributed by atoms with E-state index >= 15 is 0 Å². The van der Waals surface area contributed by atoms with Crippen LogP contribution in [0.25, 0.3) is 0 Å². The minimum absolute atomic E-state index is 0.390. The van der Waals surface area contributed by atoms with Crippen molar-refractivity contribution in [3.8, 4) is 11.8 Å². The Labute approximate surface area is 107 Å². The smallest absolute Gasteiger partial charge is 0.224 e. The van der Waals surface area contributed by atoms with Crippen molar-refractivity contribution in [2.45, 2.75) is 39.0 Å². The van der Waals surface area contributed by atoms with E-state index in [0.717, 1.165) is 24.8 Å². The maximum atomic E-state index is 12.9. The van der Waals surface area contributed by atoms with Gasteiger partial charge < -0.3 is 0 Å². The van der Waals surface area contributed by atoms with E-state index in [9.17, 15) is 8.78 Å². The average molecular weight is 249 g/mol. The minimum atomic E-state index is -1.07. The lowest BCUT2D eigenvalue weighted by molar-refractivity contribution is 0.309. The monoisotopic (exact) mass is 249 g/mol.